The number of aromatic nitrogens is 3. The standard InChI is InChI=1S/C12H12BrN3O/c1-16-10(12(13)14-15-16)11(17)9-6-7-4-2-3-5-8(7)9/h2-5,9,11,17H,6H2,1H3. The Morgan fingerprint density at radius 2 is 2.24 bits per heavy atom. The molecule has 0 spiro atoms. The number of halogens is 1. The summed E-state index contributed by atoms with van der Waals surface area (Å²) in [6, 6.07) is 8.22. The molecule has 0 aliphatic heterocycles. The molecule has 2 atom stereocenters. The molecular formula is C12H12BrN3O. The molecule has 0 radical (unpaired) electrons. The van der Waals surface area contributed by atoms with Gasteiger partial charge in [0.05, 0.1) is 0 Å². The van der Waals surface area contributed by atoms with E-state index in [4.69, 9.17) is 0 Å². The second-order valence-electron chi connectivity index (χ2n) is 4.34. The van der Waals surface area contributed by atoms with Crippen LogP contribution in [0.5, 0.6) is 0 Å². The fraction of sp³-hybridized carbons (Fsp3) is 0.333. The van der Waals surface area contributed by atoms with Crippen LogP contribution in [0.25, 0.3) is 0 Å². The smallest absolute Gasteiger partial charge is 0.154 e. The van der Waals surface area contributed by atoms with E-state index in [0.717, 1.165) is 12.1 Å². The average molecular weight is 294 g/mol. The number of hydrogen-bond donors (Lipinski definition) is 1. The van der Waals surface area contributed by atoms with Crippen molar-refractivity contribution in [2.24, 2.45) is 7.05 Å². The molecule has 0 amide bonds. The van der Waals surface area contributed by atoms with E-state index in [0.29, 0.717) is 4.60 Å². The van der Waals surface area contributed by atoms with Crippen LogP contribution in [-0.2, 0) is 13.5 Å². The summed E-state index contributed by atoms with van der Waals surface area (Å²) in [6.45, 7) is 0. The Morgan fingerprint density at radius 1 is 1.47 bits per heavy atom. The summed E-state index contributed by atoms with van der Waals surface area (Å²) in [5.41, 5.74) is 3.29. The Kier molecular flexibility index (Phi) is 2.52. The van der Waals surface area contributed by atoms with Gasteiger partial charge in [-0.1, -0.05) is 29.5 Å². The molecule has 2 aromatic rings. The minimum absolute atomic E-state index is 0.152. The van der Waals surface area contributed by atoms with Gasteiger partial charge in [-0.2, -0.15) is 0 Å². The normalized spacial score (nSPS) is 19.6. The molecule has 1 aromatic carbocycles. The number of fused-ring (bicyclic) bond motifs is 1. The predicted octanol–water partition coefficient (Wildman–Crippen LogP) is 1.95. The lowest BCUT2D eigenvalue weighted by atomic mass is 9.74. The Labute approximate surface area is 107 Å². The molecule has 5 heteroatoms. The fourth-order valence-electron chi connectivity index (χ4n) is 2.42. The van der Waals surface area contributed by atoms with Crippen LogP contribution < -0.4 is 0 Å². The molecule has 3 rings (SSSR count). The van der Waals surface area contributed by atoms with Gasteiger partial charge in [-0.3, -0.25) is 0 Å². The van der Waals surface area contributed by atoms with Crippen molar-refractivity contribution in [2.75, 3.05) is 0 Å². The van der Waals surface area contributed by atoms with Gasteiger partial charge in [0.1, 0.15) is 11.8 Å². The molecule has 1 heterocycles. The maximum atomic E-state index is 10.4. The lowest BCUT2D eigenvalue weighted by Gasteiger charge is -2.33. The molecule has 88 valence electrons. The number of rotatable bonds is 2. The number of aliphatic hydroxyl groups excluding tert-OH is 1. The number of nitrogens with zero attached hydrogens (tertiary/aromatic N) is 3. The third-order valence-corrected chi connectivity index (χ3v) is 3.95. The molecule has 0 saturated carbocycles. The molecule has 0 bridgehead atoms. The maximum absolute atomic E-state index is 10.4. The largest absolute Gasteiger partial charge is 0.386 e. The highest BCUT2D eigenvalue weighted by Crippen LogP contribution is 2.44. The average Bonchev–Trinajstić information content (AvgIpc) is 2.60. The van der Waals surface area contributed by atoms with Gasteiger partial charge in [0, 0.05) is 13.0 Å². The van der Waals surface area contributed by atoms with Gasteiger partial charge in [-0.05, 0) is 33.5 Å². The first-order valence-corrected chi connectivity index (χ1v) is 6.28. The molecule has 0 fully saturated rings. The molecule has 1 aliphatic carbocycles. The van der Waals surface area contributed by atoms with Gasteiger partial charge in [-0.15, -0.1) is 5.10 Å². The van der Waals surface area contributed by atoms with Crippen LogP contribution in [0, 0.1) is 0 Å². The summed E-state index contributed by atoms with van der Waals surface area (Å²) in [7, 11) is 1.79. The van der Waals surface area contributed by atoms with Crippen molar-refractivity contribution >= 4 is 15.9 Å². The first-order valence-electron chi connectivity index (χ1n) is 5.49. The minimum Gasteiger partial charge on any atom is -0.386 e. The zero-order chi connectivity index (χ0) is 12.0. The van der Waals surface area contributed by atoms with Crippen molar-refractivity contribution in [1.82, 2.24) is 15.0 Å². The highest BCUT2D eigenvalue weighted by molar-refractivity contribution is 9.10. The van der Waals surface area contributed by atoms with E-state index >= 15 is 0 Å². The fourth-order valence-corrected chi connectivity index (χ4v) is 2.98. The second-order valence-corrected chi connectivity index (χ2v) is 5.09. The number of aryl methyl sites for hydroxylation is 1. The van der Waals surface area contributed by atoms with Gasteiger partial charge in [0.15, 0.2) is 4.60 Å². The number of benzene rings is 1. The van der Waals surface area contributed by atoms with Crippen molar-refractivity contribution in [3.05, 3.63) is 45.7 Å². The molecular weight excluding hydrogens is 282 g/mol. The van der Waals surface area contributed by atoms with Crippen LogP contribution in [0.15, 0.2) is 28.9 Å². The third-order valence-electron chi connectivity index (χ3n) is 3.38. The number of aliphatic hydroxyl groups is 1. The Hall–Kier alpha value is -1.20. The van der Waals surface area contributed by atoms with Gasteiger partial charge in [0.25, 0.3) is 0 Å². The summed E-state index contributed by atoms with van der Waals surface area (Å²) < 4.78 is 2.24. The second kappa shape index (κ2) is 3.92. The van der Waals surface area contributed by atoms with Crippen molar-refractivity contribution in [2.45, 2.75) is 18.4 Å². The summed E-state index contributed by atoms with van der Waals surface area (Å²) in [5.74, 6) is 0.152. The maximum Gasteiger partial charge on any atom is 0.154 e. The first kappa shape index (κ1) is 10.9. The van der Waals surface area contributed by atoms with Gasteiger partial charge >= 0.3 is 0 Å². The summed E-state index contributed by atoms with van der Waals surface area (Å²) in [6.07, 6.45) is 0.355. The lowest BCUT2D eigenvalue weighted by molar-refractivity contribution is 0.125. The molecule has 4 nitrogen and oxygen atoms in total. The summed E-state index contributed by atoms with van der Waals surface area (Å²) in [4.78, 5) is 0. The molecule has 1 N–H and O–H groups in total. The van der Waals surface area contributed by atoms with Crippen molar-refractivity contribution in [3.8, 4) is 0 Å². The molecule has 1 aliphatic rings. The Morgan fingerprint density at radius 3 is 2.88 bits per heavy atom. The predicted molar refractivity (Wildman–Crippen MR) is 66.5 cm³/mol. The molecule has 0 saturated heterocycles. The van der Waals surface area contributed by atoms with Gasteiger partial charge in [0.2, 0.25) is 0 Å². The lowest BCUT2D eigenvalue weighted by Crippen LogP contribution is -2.25. The van der Waals surface area contributed by atoms with E-state index < -0.39 is 6.10 Å². The molecule has 17 heavy (non-hydrogen) atoms. The first-order chi connectivity index (χ1) is 8.18. The summed E-state index contributed by atoms with van der Waals surface area (Å²) >= 11 is 3.32. The van der Waals surface area contributed by atoms with Crippen LogP contribution in [-0.4, -0.2) is 20.1 Å². The topological polar surface area (TPSA) is 50.9 Å². The van der Waals surface area contributed by atoms with E-state index in [1.54, 1.807) is 11.7 Å². The van der Waals surface area contributed by atoms with E-state index in [1.807, 2.05) is 12.1 Å². The van der Waals surface area contributed by atoms with Crippen LogP contribution >= 0.6 is 15.9 Å². The zero-order valence-corrected chi connectivity index (χ0v) is 10.9. The Bertz CT molecular complexity index is 547. The van der Waals surface area contributed by atoms with Crippen LogP contribution in [0.3, 0.4) is 0 Å². The van der Waals surface area contributed by atoms with Gasteiger partial charge in [-0.25, -0.2) is 4.68 Å². The minimum atomic E-state index is -0.556. The van der Waals surface area contributed by atoms with Crippen LogP contribution in [0.2, 0.25) is 0 Å². The molecule has 1 aromatic heterocycles. The van der Waals surface area contributed by atoms with E-state index in [9.17, 15) is 5.11 Å². The highest BCUT2D eigenvalue weighted by Gasteiger charge is 2.35. The molecule has 2 unspecified atom stereocenters. The van der Waals surface area contributed by atoms with E-state index in [2.05, 4.69) is 38.4 Å². The van der Waals surface area contributed by atoms with Crippen LogP contribution in [0.1, 0.15) is 28.8 Å². The quantitative estimate of drug-likeness (QED) is 0.921. The zero-order valence-electron chi connectivity index (χ0n) is 9.34. The SMILES string of the molecule is Cn1nnc(Br)c1C(O)C1Cc2ccccc21. The van der Waals surface area contributed by atoms with E-state index in [-0.39, 0.29) is 5.92 Å². The van der Waals surface area contributed by atoms with Gasteiger partial charge < -0.3 is 5.11 Å². The highest BCUT2D eigenvalue weighted by atomic mass is 79.9. The Balaban J connectivity index is 1.94. The van der Waals surface area contributed by atoms with Crippen LogP contribution in [0.4, 0.5) is 0 Å². The number of hydrogen-bond acceptors (Lipinski definition) is 3. The van der Waals surface area contributed by atoms with Crippen molar-refractivity contribution in [1.29, 1.82) is 0 Å². The third kappa shape index (κ3) is 1.61. The monoisotopic (exact) mass is 293 g/mol. The summed E-state index contributed by atoms with van der Waals surface area (Å²) in [5, 5.41) is 18.2. The van der Waals surface area contributed by atoms with Crippen molar-refractivity contribution in [3.63, 3.8) is 0 Å². The van der Waals surface area contributed by atoms with Crippen molar-refractivity contribution < 1.29 is 5.11 Å². The van der Waals surface area contributed by atoms with E-state index in [1.165, 1.54) is 11.1 Å².